The first-order chi connectivity index (χ1) is 14.5. The Morgan fingerprint density at radius 2 is 1.87 bits per heavy atom. The molecule has 154 valence electrons. The van der Waals surface area contributed by atoms with E-state index in [9.17, 15) is 9.59 Å². The molecule has 0 aliphatic rings. The van der Waals surface area contributed by atoms with Gasteiger partial charge in [0.1, 0.15) is 0 Å². The van der Waals surface area contributed by atoms with Crippen LogP contribution in [-0.4, -0.2) is 34.6 Å². The van der Waals surface area contributed by atoms with E-state index in [0.29, 0.717) is 24.2 Å². The van der Waals surface area contributed by atoms with E-state index >= 15 is 0 Å². The largest absolute Gasteiger partial charge is 0.479 e. The molecule has 0 spiro atoms. The van der Waals surface area contributed by atoms with Gasteiger partial charge in [0.2, 0.25) is 5.78 Å². The maximum absolute atomic E-state index is 12.8. The summed E-state index contributed by atoms with van der Waals surface area (Å²) in [5.74, 6) is -0.980. The number of aromatic nitrogens is 1. The summed E-state index contributed by atoms with van der Waals surface area (Å²) in [5.41, 5.74) is 4.28. The van der Waals surface area contributed by atoms with E-state index in [0.717, 1.165) is 16.7 Å². The normalized spacial score (nSPS) is 12.2. The smallest absolute Gasteiger partial charge is 0.333 e. The van der Waals surface area contributed by atoms with Crippen molar-refractivity contribution in [1.82, 2.24) is 4.57 Å². The molecule has 30 heavy (non-hydrogen) atoms. The molecule has 1 unspecified atom stereocenters. The maximum atomic E-state index is 12.8. The molecule has 5 heteroatoms. The van der Waals surface area contributed by atoms with Gasteiger partial charge in [-0.1, -0.05) is 66.2 Å². The van der Waals surface area contributed by atoms with Crippen LogP contribution in [0.1, 0.15) is 32.7 Å². The average Bonchev–Trinajstić information content (AvgIpc) is 3.20. The Kier molecular flexibility index (Phi) is 6.99. The van der Waals surface area contributed by atoms with Crippen molar-refractivity contribution >= 4 is 17.8 Å². The highest BCUT2D eigenvalue weighted by Gasteiger charge is 2.16. The summed E-state index contributed by atoms with van der Waals surface area (Å²) in [6.07, 6.45) is 5.28. The van der Waals surface area contributed by atoms with E-state index in [4.69, 9.17) is 9.84 Å². The minimum absolute atomic E-state index is 0.00493. The lowest BCUT2D eigenvalue weighted by molar-refractivity contribution is -0.148. The first-order valence-electron chi connectivity index (χ1n) is 9.75. The number of nitrogens with zero attached hydrogens (tertiary/aromatic N) is 1. The molecule has 1 heterocycles. The second-order valence-corrected chi connectivity index (χ2v) is 7.16. The molecule has 5 nitrogen and oxygen atoms in total. The Hall–Kier alpha value is -3.44. The number of hydrogen-bond acceptors (Lipinski definition) is 3. The molecule has 3 rings (SSSR count). The fourth-order valence-electron chi connectivity index (χ4n) is 3.24. The average molecular weight is 403 g/mol. The zero-order valence-electron chi connectivity index (χ0n) is 17.1. The highest BCUT2D eigenvalue weighted by atomic mass is 16.5. The molecule has 0 aliphatic heterocycles. The van der Waals surface area contributed by atoms with E-state index in [-0.39, 0.29) is 5.78 Å². The van der Waals surface area contributed by atoms with E-state index in [1.165, 1.54) is 7.11 Å². The van der Waals surface area contributed by atoms with Crippen molar-refractivity contribution < 1.29 is 19.4 Å². The summed E-state index contributed by atoms with van der Waals surface area (Å²) in [6, 6.07) is 18.9. The third kappa shape index (κ3) is 5.33. The molecule has 0 bridgehead atoms. The second kappa shape index (κ2) is 9.85. The number of carbonyl (C=O) groups is 2. The predicted molar refractivity (Wildman–Crippen MR) is 117 cm³/mol. The molecule has 0 amide bonds. The molecular formula is C25H25NO4. The van der Waals surface area contributed by atoms with E-state index in [1.807, 2.05) is 90.5 Å². The van der Waals surface area contributed by atoms with Gasteiger partial charge in [0, 0.05) is 31.8 Å². The van der Waals surface area contributed by atoms with Crippen LogP contribution < -0.4 is 0 Å². The minimum atomic E-state index is -0.975. The number of carboxylic acid groups (broad SMARTS) is 1. The van der Waals surface area contributed by atoms with Crippen molar-refractivity contribution in [3.8, 4) is 0 Å². The summed E-state index contributed by atoms with van der Waals surface area (Å²) in [5, 5.41) is 9.15. The van der Waals surface area contributed by atoms with Gasteiger partial charge in [-0.2, -0.15) is 0 Å². The first-order valence-corrected chi connectivity index (χ1v) is 9.75. The van der Waals surface area contributed by atoms with Crippen LogP contribution in [0.5, 0.6) is 0 Å². The molecular weight excluding hydrogens is 378 g/mol. The fraction of sp³-hybridized carbons (Fsp3) is 0.200. The second-order valence-electron chi connectivity index (χ2n) is 7.16. The van der Waals surface area contributed by atoms with Crippen LogP contribution in [0.2, 0.25) is 0 Å². The summed E-state index contributed by atoms with van der Waals surface area (Å²) in [7, 11) is 1.40. The van der Waals surface area contributed by atoms with Gasteiger partial charge in [0.25, 0.3) is 0 Å². The van der Waals surface area contributed by atoms with Gasteiger partial charge >= 0.3 is 5.97 Å². The van der Waals surface area contributed by atoms with E-state index in [2.05, 4.69) is 0 Å². The van der Waals surface area contributed by atoms with Gasteiger partial charge in [-0.25, -0.2) is 4.79 Å². The zero-order valence-corrected chi connectivity index (χ0v) is 17.1. The van der Waals surface area contributed by atoms with Crippen LogP contribution >= 0.6 is 0 Å². The molecule has 0 fully saturated rings. The van der Waals surface area contributed by atoms with Gasteiger partial charge in [-0.05, 0) is 30.2 Å². The van der Waals surface area contributed by atoms with Crippen LogP contribution in [0.25, 0.3) is 6.08 Å². The first kappa shape index (κ1) is 21.3. The lowest BCUT2D eigenvalue weighted by Gasteiger charge is -2.10. The predicted octanol–water partition coefficient (Wildman–Crippen LogP) is 4.38. The molecule has 0 saturated heterocycles. The molecule has 0 saturated carbocycles. The summed E-state index contributed by atoms with van der Waals surface area (Å²) < 4.78 is 6.92. The number of ether oxygens (including phenoxy) is 1. The minimum Gasteiger partial charge on any atom is -0.479 e. The van der Waals surface area contributed by atoms with Gasteiger partial charge < -0.3 is 14.4 Å². The van der Waals surface area contributed by atoms with Crippen LogP contribution in [0.3, 0.4) is 0 Å². The Bertz CT molecular complexity index is 1050. The quantitative estimate of drug-likeness (QED) is 0.538. The Morgan fingerprint density at radius 1 is 1.10 bits per heavy atom. The summed E-state index contributed by atoms with van der Waals surface area (Å²) in [4.78, 5) is 24.0. The van der Waals surface area contributed by atoms with Crippen molar-refractivity contribution in [3.63, 3.8) is 0 Å². The SMILES string of the molecule is COC(Cc1cccc(C=CCn2cccc2C(=O)c2ccc(C)cc2)c1)C(=O)O. The molecule has 1 aromatic heterocycles. The van der Waals surface area contributed by atoms with Crippen LogP contribution in [0.15, 0.2) is 72.9 Å². The van der Waals surface area contributed by atoms with Crippen LogP contribution in [0.4, 0.5) is 0 Å². The standard InChI is InChI=1S/C25H25NO4/c1-18-10-12-21(13-11-18)24(27)22-9-5-15-26(22)14-4-8-19-6-3-7-20(16-19)17-23(30-2)25(28)29/h3-13,15-16,23H,14,17H2,1-2H3,(H,28,29). The zero-order chi connectivity index (χ0) is 21.5. The summed E-state index contributed by atoms with van der Waals surface area (Å²) >= 11 is 0. The highest BCUT2D eigenvalue weighted by molar-refractivity contribution is 6.08. The monoisotopic (exact) mass is 403 g/mol. The number of ketones is 1. The lowest BCUT2D eigenvalue weighted by atomic mass is 10.0. The number of methoxy groups -OCH3 is 1. The number of carboxylic acids is 1. The number of hydrogen-bond donors (Lipinski definition) is 1. The van der Waals surface area contributed by atoms with Crippen molar-refractivity contribution in [2.24, 2.45) is 0 Å². The summed E-state index contributed by atoms with van der Waals surface area (Å²) in [6.45, 7) is 2.55. The van der Waals surface area contributed by atoms with E-state index < -0.39 is 12.1 Å². The van der Waals surface area contributed by atoms with Gasteiger partial charge in [0.15, 0.2) is 6.10 Å². The number of benzene rings is 2. The third-order valence-electron chi connectivity index (χ3n) is 4.92. The van der Waals surface area contributed by atoms with Crippen molar-refractivity contribution in [2.45, 2.75) is 26.0 Å². The fourth-order valence-corrected chi connectivity index (χ4v) is 3.24. The highest BCUT2D eigenvalue weighted by Crippen LogP contribution is 2.14. The molecule has 2 aromatic carbocycles. The number of rotatable bonds is 9. The topological polar surface area (TPSA) is 68.5 Å². The maximum Gasteiger partial charge on any atom is 0.333 e. The van der Waals surface area contributed by atoms with E-state index in [1.54, 1.807) is 0 Å². The molecule has 0 radical (unpaired) electrons. The molecule has 3 aromatic rings. The Balaban J connectivity index is 1.69. The molecule has 1 N–H and O–H groups in total. The number of aryl methyl sites for hydroxylation is 1. The molecule has 0 aliphatic carbocycles. The van der Waals surface area contributed by atoms with Crippen molar-refractivity contribution in [3.05, 3.63) is 101 Å². The van der Waals surface area contributed by atoms with Crippen molar-refractivity contribution in [2.75, 3.05) is 7.11 Å². The third-order valence-corrected chi connectivity index (χ3v) is 4.92. The number of allylic oxidation sites excluding steroid dienone is 1. The molecule has 1 atom stereocenters. The number of aliphatic carboxylic acids is 1. The van der Waals surface area contributed by atoms with Gasteiger partial charge in [-0.15, -0.1) is 0 Å². The van der Waals surface area contributed by atoms with Gasteiger partial charge in [0.05, 0.1) is 5.69 Å². The number of carbonyl (C=O) groups excluding carboxylic acids is 1. The van der Waals surface area contributed by atoms with Crippen LogP contribution in [0, 0.1) is 6.92 Å². The lowest BCUT2D eigenvalue weighted by Crippen LogP contribution is -2.24. The van der Waals surface area contributed by atoms with Gasteiger partial charge in [-0.3, -0.25) is 4.79 Å². The van der Waals surface area contributed by atoms with Crippen LogP contribution in [-0.2, 0) is 22.5 Å². The Morgan fingerprint density at radius 3 is 2.57 bits per heavy atom. The Labute approximate surface area is 176 Å². The van der Waals surface area contributed by atoms with Crippen molar-refractivity contribution in [1.29, 1.82) is 0 Å².